The van der Waals surface area contributed by atoms with Gasteiger partial charge in [-0.3, -0.25) is 4.79 Å². The fraction of sp³-hybridized carbons (Fsp3) is 0.278. The van der Waals surface area contributed by atoms with E-state index < -0.39 is 10.0 Å². The van der Waals surface area contributed by atoms with Gasteiger partial charge in [0.1, 0.15) is 13.2 Å². The van der Waals surface area contributed by atoms with Crippen molar-refractivity contribution in [3.63, 3.8) is 0 Å². The van der Waals surface area contributed by atoms with Gasteiger partial charge in [-0.25, -0.2) is 13.6 Å². The third-order valence-electron chi connectivity index (χ3n) is 3.87. The van der Waals surface area contributed by atoms with Crippen molar-refractivity contribution in [1.82, 2.24) is 5.32 Å². The van der Waals surface area contributed by atoms with E-state index in [1.807, 2.05) is 18.2 Å². The molecule has 9 heteroatoms. The Morgan fingerprint density at radius 1 is 1.07 bits per heavy atom. The van der Waals surface area contributed by atoms with Crippen LogP contribution < -0.4 is 19.9 Å². The Kier molecular flexibility index (Phi) is 6.25. The number of amides is 1. The summed E-state index contributed by atoms with van der Waals surface area (Å²) in [5, 5.41) is 7.91. The van der Waals surface area contributed by atoms with Gasteiger partial charge in [-0.1, -0.05) is 12.1 Å². The molecule has 144 valence electrons. The van der Waals surface area contributed by atoms with Crippen LogP contribution in [-0.2, 0) is 21.2 Å². The van der Waals surface area contributed by atoms with Gasteiger partial charge in [-0.05, 0) is 42.3 Å². The maximum Gasteiger partial charge on any atom is 0.238 e. The number of nitrogens with one attached hydrogen (secondary N) is 1. The van der Waals surface area contributed by atoms with E-state index in [0.717, 1.165) is 16.2 Å². The van der Waals surface area contributed by atoms with Crippen LogP contribution in [0.5, 0.6) is 11.5 Å². The number of rotatable bonds is 7. The minimum atomic E-state index is -3.68. The molecule has 3 rings (SSSR count). The van der Waals surface area contributed by atoms with Crippen molar-refractivity contribution >= 4 is 27.7 Å². The Labute approximate surface area is 162 Å². The summed E-state index contributed by atoms with van der Waals surface area (Å²) in [6, 6.07) is 11.9. The molecule has 2 aromatic carbocycles. The molecule has 1 aliphatic rings. The number of primary sulfonamides is 1. The topological polar surface area (TPSA) is 108 Å². The molecule has 0 fully saturated rings. The first-order valence-corrected chi connectivity index (χ1v) is 10.9. The molecule has 0 radical (unpaired) electrons. The standard InChI is InChI=1S/C18H20N2O5S2/c19-27(22,23)15-4-1-13(2-5-15)7-8-20-18(21)12-26-14-3-6-16-17(11-14)25-10-9-24-16/h1-6,11H,7-10,12H2,(H,20,21)(H2,19,22,23). The van der Waals surface area contributed by atoms with Gasteiger partial charge in [0.2, 0.25) is 15.9 Å². The quantitative estimate of drug-likeness (QED) is 0.673. The zero-order valence-electron chi connectivity index (χ0n) is 14.5. The van der Waals surface area contributed by atoms with Crippen molar-refractivity contribution in [2.75, 3.05) is 25.5 Å². The number of benzene rings is 2. The second-order valence-electron chi connectivity index (χ2n) is 5.88. The van der Waals surface area contributed by atoms with Crippen molar-refractivity contribution in [3.05, 3.63) is 48.0 Å². The summed E-state index contributed by atoms with van der Waals surface area (Å²) in [7, 11) is -3.68. The van der Waals surface area contributed by atoms with Crippen LogP contribution in [0, 0.1) is 0 Å². The molecule has 7 nitrogen and oxygen atoms in total. The average Bonchev–Trinajstić information content (AvgIpc) is 2.66. The number of sulfonamides is 1. The first kappa shape index (κ1) is 19.5. The van der Waals surface area contributed by atoms with Crippen molar-refractivity contribution in [2.45, 2.75) is 16.2 Å². The Morgan fingerprint density at radius 3 is 2.48 bits per heavy atom. The third-order valence-corrected chi connectivity index (χ3v) is 5.79. The van der Waals surface area contributed by atoms with Crippen LogP contribution in [0.3, 0.4) is 0 Å². The minimum absolute atomic E-state index is 0.0731. The minimum Gasteiger partial charge on any atom is -0.486 e. The van der Waals surface area contributed by atoms with Gasteiger partial charge in [0.05, 0.1) is 10.6 Å². The predicted molar refractivity (Wildman–Crippen MR) is 103 cm³/mol. The van der Waals surface area contributed by atoms with Gasteiger partial charge in [-0.15, -0.1) is 11.8 Å². The lowest BCUT2D eigenvalue weighted by Gasteiger charge is -2.18. The fourth-order valence-electron chi connectivity index (χ4n) is 2.51. The molecule has 0 saturated carbocycles. The number of hydrogen-bond acceptors (Lipinski definition) is 6. The SMILES string of the molecule is NS(=O)(=O)c1ccc(CCNC(=O)CSc2ccc3c(c2)OCCO3)cc1. The summed E-state index contributed by atoms with van der Waals surface area (Å²) in [5.74, 6) is 1.65. The van der Waals surface area contributed by atoms with E-state index in [4.69, 9.17) is 14.6 Å². The Bertz CT molecular complexity index is 914. The monoisotopic (exact) mass is 408 g/mol. The van der Waals surface area contributed by atoms with Crippen LogP contribution in [0.25, 0.3) is 0 Å². The van der Waals surface area contributed by atoms with Gasteiger partial charge < -0.3 is 14.8 Å². The van der Waals surface area contributed by atoms with Gasteiger partial charge in [0.25, 0.3) is 0 Å². The number of thioether (sulfide) groups is 1. The Hall–Kier alpha value is -2.23. The molecule has 0 bridgehead atoms. The molecule has 1 amide bonds. The first-order valence-electron chi connectivity index (χ1n) is 8.33. The van der Waals surface area contributed by atoms with E-state index in [9.17, 15) is 13.2 Å². The summed E-state index contributed by atoms with van der Waals surface area (Å²) >= 11 is 1.42. The largest absolute Gasteiger partial charge is 0.486 e. The molecule has 1 heterocycles. The van der Waals surface area contributed by atoms with Crippen LogP contribution in [0.1, 0.15) is 5.56 Å². The first-order chi connectivity index (χ1) is 12.9. The van der Waals surface area contributed by atoms with Crippen molar-refractivity contribution in [2.24, 2.45) is 5.14 Å². The van der Waals surface area contributed by atoms with Crippen molar-refractivity contribution < 1.29 is 22.7 Å². The molecule has 0 aliphatic carbocycles. The van der Waals surface area contributed by atoms with Gasteiger partial charge in [0, 0.05) is 11.4 Å². The fourth-order valence-corrected chi connectivity index (χ4v) is 3.78. The smallest absolute Gasteiger partial charge is 0.238 e. The highest BCUT2D eigenvalue weighted by atomic mass is 32.2. The van der Waals surface area contributed by atoms with Crippen LogP contribution in [0.4, 0.5) is 0 Å². The summed E-state index contributed by atoms with van der Waals surface area (Å²) < 4.78 is 33.4. The lowest BCUT2D eigenvalue weighted by atomic mass is 10.1. The van der Waals surface area contributed by atoms with Crippen LogP contribution >= 0.6 is 11.8 Å². The average molecular weight is 409 g/mol. The molecule has 2 aromatic rings. The van der Waals surface area contributed by atoms with E-state index in [1.54, 1.807) is 12.1 Å². The highest BCUT2D eigenvalue weighted by Gasteiger charge is 2.12. The van der Waals surface area contributed by atoms with E-state index in [0.29, 0.717) is 37.7 Å². The summed E-state index contributed by atoms with van der Waals surface area (Å²) in [6.07, 6.45) is 0.603. The van der Waals surface area contributed by atoms with Crippen LogP contribution in [0.15, 0.2) is 52.3 Å². The van der Waals surface area contributed by atoms with E-state index in [2.05, 4.69) is 5.32 Å². The van der Waals surface area contributed by atoms with Gasteiger partial charge in [-0.2, -0.15) is 0 Å². The molecule has 0 spiro atoms. The lowest BCUT2D eigenvalue weighted by molar-refractivity contribution is -0.118. The Balaban J connectivity index is 1.42. The second kappa shape index (κ2) is 8.64. The number of fused-ring (bicyclic) bond motifs is 1. The Morgan fingerprint density at radius 2 is 1.78 bits per heavy atom. The number of hydrogen-bond donors (Lipinski definition) is 2. The highest BCUT2D eigenvalue weighted by Crippen LogP contribution is 2.34. The number of carbonyl (C=O) groups excluding carboxylic acids is 1. The van der Waals surface area contributed by atoms with Gasteiger partial charge in [0.15, 0.2) is 11.5 Å². The maximum atomic E-state index is 12.0. The molecule has 0 aromatic heterocycles. The molecule has 1 aliphatic heterocycles. The van der Waals surface area contributed by atoms with E-state index >= 15 is 0 Å². The van der Waals surface area contributed by atoms with Crippen molar-refractivity contribution in [3.8, 4) is 11.5 Å². The molecule has 27 heavy (non-hydrogen) atoms. The van der Waals surface area contributed by atoms with E-state index in [-0.39, 0.29) is 10.8 Å². The predicted octanol–water partition coefficient (Wildman–Crippen LogP) is 1.56. The van der Waals surface area contributed by atoms with Gasteiger partial charge >= 0.3 is 0 Å². The maximum absolute atomic E-state index is 12.0. The molecule has 0 atom stereocenters. The molecule has 0 saturated heterocycles. The summed E-state index contributed by atoms with van der Waals surface area (Å²) in [6.45, 7) is 1.54. The number of ether oxygens (including phenoxy) is 2. The zero-order chi connectivity index (χ0) is 19.3. The lowest BCUT2D eigenvalue weighted by Crippen LogP contribution is -2.27. The number of nitrogens with two attached hydrogens (primary N) is 1. The second-order valence-corrected chi connectivity index (χ2v) is 8.49. The molecular weight excluding hydrogens is 388 g/mol. The van der Waals surface area contributed by atoms with Crippen molar-refractivity contribution in [1.29, 1.82) is 0 Å². The molecular formula is C18H20N2O5S2. The number of carbonyl (C=O) groups is 1. The van der Waals surface area contributed by atoms with Crippen LogP contribution in [-0.4, -0.2) is 39.8 Å². The summed E-state index contributed by atoms with van der Waals surface area (Å²) in [4.78, 5) is 13.0. The highest BCUT2D eigenvalue weighted by molar-refractivity contribution is 8.00. The summed E-state index contributed by atoms with van der Waals surface area (Å²) in [5.41, 5.74) is 0.919. The molecule has 3 N–H and O–H groups in total. The normalized spacial score (nSPS) is 13.2. The molecule has 0 unspecified atom stereocenters. The van der Waals surface area contributed by atoms with Crippen LogP contribution in [0.2, 0.25) is 0 Å². The van der Waals surface area contributed by atoms with E-state index in [1.165, 1.54) is 23.9 Å². The zero-order valence-corrected chi connectivity index (χ0v) is 16.1. The third kappa shape index (κ3) is 5.62.